The van der Waals surface area contributed by atoms with Crippen LogP contribution in [0.5, 0.6) is 0 Å². The fourth-order valence-corrected chi connectivity index (χ4v) is 1.93. The van der Waals surface area contributed by atoms with Gasteiger partial charge >= 0.3 is 0 Å². The molecule has 3 aromatic rings. The molecule has 0 saturated heterocycles. The Labute approximate surface area is 109 Å². The summed E-state index contributed by atoms with van der Waals surface area (Å²) in [4.78, 5) is 8.49. The highest BCUT2D eigenvalue weighted by Crippen LogP contribution is 2.17. The van der Waals surface area contributed by atoms with Gasteiger partial charge in [0.2, 0.25) is 0 Å². The molecule has 19 heavy (non-hydrogen) atoms. The van der Waals surface area contributed by atoms with Gasteiger partial charge in [0.25, 0.3) is 0 Å². The number of hydrogen-bond acceptors (Lipinski definition) is 4. The van der Waals surface area contributed by atoms with Crippen molar-refractivity contribution < 1.29 is 0 Å². The van der Waals surface area contributed by atoms with Crippen molar-refractivity contribution in [3.63, 3.8) is 0 Å². The molecule has 0 aromatic carbocycles. The van der Waals surface area contributed by atoms with Crippen LogP contribution in [0.3, 0.4) is 0 Å². The summed E-state index contributed by atoms with van der Waals surface area (Å²) in [5, 5.41) is 4.55. The second kappa shape index (κ2) is 4.41. The van der Waals surface area contributed by atoms with E-state index in [0.717, 1.165) is 16.7 Å². The molecule has 0 saturated carbocycles. The smallest absolute Gasteiger partial charge is 0.151 e. The number of nitrogens with two attached hydrogens (primary N) is 2. The molecule has 0 spiro atoms. The predicted octanol–water partition coefficient (Wildman–Crippen LogP) is 1.000. The normalized spacial score (nSPS) is 11.9. The van der Waals surface area contributed by atoms with Crippen molar-refractivity contribution in [3.05, 3.63) is 54.6 Å². The summed E-state index contributed by atoms with van der Waals surface area (Å²) in [5.74, 6) is 6.18. The lowest BCUT2D eigenvalue weighted by molar-refractivity contribution is 1.04. The molecule has 0 amide bonds. The monoisotopic (exact) mass is 252 g/mol. The molecule has 0 fully saturated rings. The Morgan fingerprint density at radius 1 is 1.16 bits per heavy atom. The molecule has 94 valence electrons. The van der Waals surface area contributed by atoms with E-state index in [4.69, 9.17) is 11.6 Å². The summed E-state index contributed by atoms with van der Waals surface area (Å²) in [6.45, 7) is 0. The van der Waals surface area contributed by atoms with E-state index < -0.39 is 0 Å². The minimum absolute atomic E-state index is 0.262. The lowest BCUT2D eigenvalue weighted by Crippen LogP contribution is -2.15. The molecule has 4 N–H and O–H groups in total. The third-order valence-corrected chi connectivity index (χ3v) is 2.92. The van der Waals surface area contributed by atoms with Crippen LogP contribution in [0.1, 0.15) is 5.56 Å². The second-order valence-electron chi connectivity index (χ2n) is 4.04. The number of fused-ring (bicyclic) bond motifs is 1. The summed E-state index contributed by atoms with van der Waals surface area (Å²) >= 11 is 0. The fraction of sp³-hybridized carbons (Fsp3) is 0. The second-order valence-corrected chi connectivity index (χ2v) is 4.04. The highest BCUT2D eigenvalue weighted by molar-refractivity contribution is 5.97. The van der Waals surface area contributed by atoms with Crippen LogP contribution in [0.25, 0.3) is 16.7 Å². The summed E-state index contributed by atoms with van der Waals surface area (Å²) in [6.07, 6.45) is 7.17. The Balaban J connectivity index is 2.07. The van der Waals surface area contributed by atoms with Gasteiger partial charge in [-0.3, -0.25) is 9.55 Å². The van der Waals surface area contributed by atoms with E-state index in [9.17, 15) is 0 Å². The number of aromatic nitrogens is 3. The van der Waals surface area contributed by atoms with Gasteiger partial charge in [-0.25, -0.2) is 4.98 Å². The van der Waals surface area contributed by atoms with E-state index in [0.29, 0.717) is 5.56 Å². The summed E-state index contributed by atoms with van der Waals surface area (Å²) in [6, 6.07) is 7.66. The molecule has 0 aliphatic rings. The van der Waals surface area contributed by atoms with Crippen LogP contribution in [-0.2, 0) is 0 Å². The van der Waals surface area contributed by atoms with Gasteiger partial charge in [0.15, 0.2) is 5.84 Å². The van der Waals surface area contributed by atoms with Gasteiger partial charge in [-0.1, -0.05) is 0 Å². The Kier molecular flexibility index (Phi) is 2.60. The van der Waals surface area contributed by atoms with E-state index in [1.165, 1.54) is 0 Å². The average Bonchev–Trinajstić information content (AvgIpc) is 2.90. The first-order valence-electron chi connectivity index (χ1n) is 5.71. The number of pyridine rings is 2. The Morgan fingerprint density at radius 2 is 2.05 bits per heavy atom. The lowest BCUT2D eigenvalue weighted by atomic mass is 10.2. The number of rotatable bonds is 2. The van der Waals surface area contributed by atoms with Crippen LogP contribution in [0.15, 0.2) is 54.2 Å². The molecular formula is C13H12N6. The molecule has 3 heterocycles. The van der Waals surface area contributed by atoms with E-state index in [-0.39, 0.29) is 5.84 Å². The van der Waals surface area contributed by atoms with Crippen LogP contribution < -0.4 is 11.6 Å². The van der Waals surface area contributed by atoms with Crippen molar-refractivity contribution in [2.45, 2.75) is 0 Å². The van der Waals surface area contributed by atoms with E-state index in [2.05, 4.69) is 15.1 Å². The maximum absolute atomic E-state index is 5.62. The van der Waals surface area contributed by atoms with Gasteiger partial charge in [0.1, 0.15) is 5.82 Å². The number of hydrazone groups is 1. The maximum Gasteiger partial charge on any atom is 0.151 e. The zero-order valence-corrected chi connectivity index (χ0v) is 10.1. The quantitative estimate of drug-likeness (QED) is 0.308. The zero-order valence-electron chi connectivity index (χ0n) is 10.1. The van der Waals surface area contributed by atoms with Crippen molar-refractivity contribution in [1.82, 2.24) is 14.5 Å². The van der Waals surface area contributed by atoms with Crippen LogP contribution in [0, 0.1) is 0 Å². The number of nitrogens with zero attached hydrogens (tertiary/aromatic N) is 4. The van der Waals surface area contributed by atoms with Crippen molar-refractivity contribution >= 4 is 16.7 Å². The standard InChI is InChI=1S/C13H12N6/c14-13(18-15)10-1-2-12(17-7-10)19-6-4-9-3-5-16-8-11(9)19/h1-8H,15H2,(H2,14,18). The average molecular weight is 252 g/mol. The molecule has 0 unspecified atom stereocenters. The van der Waals surface area contributed by atoms with E-state index in [1.54, 1.807) is 18.6 Å². The molecule has 0 atom stereocenters. The van der Waals surface area contributed by atoms with Crippen molar-refractivity contribution in [2.75, 3.05) is 0 Å². The highest BCUT2D eigenvalue weighted by Gasteiger charge is 2.05. The van der Waals surface area contributed by atoms with E-state index in [1.807, 2.05) is 35.0 Å². The lowest BCUT2D eigenvalue weighted by Gasteiger charge is -2.05. The van der Waals surface area contributed by atoms with Gasteiger partial charge in [0, 0.05) is 29.5 Å². The number of amidine groups is 1. The van der Waals surface area contributed by atoms with Gasteiger partial charge in [-0.2, -0.15) is 5.10 Å². The summed E-state index contributed by atoms with van der Waals surface area (Å²) in [7, 11) is 0. The third-order valence-electron chi connectivity index (χ3n) is 2.92. The molecule has 6 heteroatoms. The number of hydrogen-bond donors (Lipinski definition) is 2. The molecule has 0 aliphatic carbocycles. The Bertz CT molecular complexity index is 741. The Morgan fingerprint density at radius 3 is 2.79 bits per heavy atom. The molecule has 0 radical (unpaired) electrons. The summed E-state index contributed by atoms with van der Waals surface area (Å²) in [5.41, 5.74) is 7.32. The van der Waals surface area contributed by atoms with Crippen LogP contribution >= 0.6 is 0 Å². The largest absolute Gasteiger partial charge is 0.382 e. The van der Waals surface area contributed by atoms with Gasteiger partial charge in [0.05, 0.1) is 11.7 Å². The first-order chi connectivity index (χ1) is 9.29. The van der Waals surface area contributed by atoms with Crippen molar-refractivity contribution in [3.8, 4) is 5.82 Å². The molecule has 3 aromatic heterocycles. The first kappa shape index (κ1) is 11.2. The van der Waals surface area contributed by atoms with Crippen LogP contribution in [-0.4, -0.2) is 20.4 Å². The van der Waals surface area contributed by atoms with Crippen molar-refractivity contribution in [2.24, 2.45) is 16.7 Å². The Hall–Kier alpha value is -2.89. The topological polar surface area (TPSA) is 95.1 Å². The molecule has 0 bridgehead atoms. The van der Waals surface area contributed by atoms with Gasteiger partial charge in [-0.05, 0) is 24.3 Å². The van der Waals surface area contributed by atoms with Gasteiger partial charge in [-0.15, -0.1) is 0 Å². The van der Waals surface area contributed by atoms with Crippen LogP contribution in [0.2, 0.25) is 0 Å². The zero-order chi connectivity index (χ0) is 13.2. The minimum Gasteiger partial charge on any atom is -0.382 e. The molecular weight excluding hydrogens is 240 g/mol. The predicted molar refractivity (Wildman–Crippen MR) is 73.8 cm³/mol. The third kappa shape index (κ3) is 1.89. The molecule has 0 aliphatic heterocycles. The molecule has 3 rings (SSSR count). The fourth-order valence-electron chi connectivity index (χ4n) is 1.93. The molecule has 6 nitrogen and oxygen atoms in total. The first-order valence-corrected chi connectivity index (χ1v) is 5.71. The van der Waals surface area contributed by atoms with Crippen LogP contribution in [0.4, 0.5) is 0 Å². The van der Waals surface area contributed by atoms with Gasteiger partial charge < -0.3 is 11.6 Å². The highest BCUT2D eigenvalue weighted by atomic mass is 15.2. The summed E-state index contributed by atoms with van der Waals surface area (Å²) < 4.78 is 1.96. The SMILES string of the molecule is N/N=C(/N)c1ccc(-n2ccc3ccncc32)nc1. The maximum atomic E-state index is 5.62. The minimum atomic E-state index is 0.262. The van der Waals surface area contributed by atoms with E-state index >= 15 is 0 Å². The van der Waals surface area contributed by atoms with Crippen molar-refractivity contribution in [1.29, 1.82) is 0 Å².